The number of thiophene rings is 1. The molecule has 9 heteroatoms. The standard InChI is InChI=1S/C19H20N6O2S/c1-27-18-10-16(20-12-21-18)22-19(26)13-4-2-8-25(11-13)17-7-6-14(23-24-17)15-5-3-9-28-15/h3,5-7,9-10,12-13H,2,4,8,11H2,1H3,(H,20,21,22,26)/t13-/m1/s1. The molecule has 4 heterocycles. The molecule has 1 aliphatic heterocycles. The number of nitrogens with zero attached hydrogens (tertiary/aromatic N) is 5. The lowest BCUT2D eigenvalue weighted by atomic mass is 9.97. The Morgan fingerprint density at radius 3 is 2.96 bits per heavy atom. The van der Waals surface area contributed by atoms with Crippen LogP contribution in [0.5, 0.6) is 5.88 Å². The minimum Gasteiger partial charge on any atom is -0.481 e. The second-order valence-electron chi connectivity index (χ2n) is 6.47. The Kier molecular flexibility index (Phi) is 5.43. The summed E-state index contributed by atoms with van der Waals surface area (Å²) in [6.07, 6.45) is 3.11. The van der Waals surface area contributed by atoms with Crippen LogP contribution in [0.1, 0.15) is 12.8 Å². The average Bonchev–Trinajstić information content (AvgIpc) is 3.29. The van der Waals surface area contributed by atoms with Crippen molar-refractivity contribution in [2.75, 3.05) is 30.4 Å². The van der Waals surface area contributed by atoms with E-state index in [1.54, 1.807) is 17.4 Å². The first-order chi connectivity index (χ1) is 13.7. The van der Waals surface area contributed by atoms with Crippen molar-refractivity contribution >= 4 is 28.9 Å². The van der Waals surface area contributed by atoms with Gasteiger partial charge in [0.25, 0.3) is 0 Å². The van der Waals surface area contributed by atoms with E-state index in [0.717, 1.165) is 35.8 Å². The van der Waals surface area contributed by atoms with Gasteiger partial charge in [0.2, 0.25) is 11.8 Å². The molecule has 144 valence electrons. The Balaban J connectivity index is 1.41. The molecule has 0 saturated carbocycles. The maximum Gasteiger partial charge on any atom is 0.230 e. The Hall–Kier alpha value is -3.07. The van der Waals surface area contributed by atoms with E-state index in [2.05, 4.69) is 30.4 Å². The molecule has 0 aliphatic carbocycles. The highest BCUT2D eigenvalue weighted by atomic mass is 32.1. The van der Waals surface area contributed by atoms with Gasteiger partial charge in [-0.15, -0.1) is 21.5 Å². The van der Waals surface area contributed by atoms with Crippen LogP contribution in [0.2, 0.25) is 0 Å². The summed E-state index contributed by atoms with van der Waals surface area (Å²) in [4.78, 5) is 23.9. The molecule has 4 rings (SSSR count). The SMILES string of the molecule is COc1cc(NC(=O)[C@@H]2CCCN(c3ccc(-c4cccs4)nn3)C2)ncn1. The van der Waals surface area contributed by atoms with E-state index >= 15 is 0 Å². The van der Waals surface area contributed by atoms with Crippen molar-refractivity contribution in [3.05, 3.63) is 42.0 Å². The average molecular weight is 396 g/mol. The first-order valence-corrected chi connectivity index (χ1v) is 9.90. The largest absolute Gasteiger partial charge is 0.481 e. The molecule has 1 N–H and O–H groups in total. The summed E-state index contributed by atoms with van der Waals surface area (Å²) >= 11 is 1.64. The van der Waals surface area contributed by atoms with Crippen LogP contribution in [-0.4, -0.2) is 46.3 Å². The zero-order valence-electron chi connectivity index (χ0n) is 15.4. The molecule has 1 saturated heterocycles. The minimum absolute atomic E-state index is 0.0615. The maximum atomic E-state index is 12.7. The summed E-state index contributed by atoms with van der Waals surface area (Å²) < 4.78 is 5.07. The van der Waals surface area contributed by atoms with Gasteiger partial charge in [-0.3, -0.25) is 4.79 Å². The lowest BCUT2D eigenvalue weighted by Gasteiger charge is -2.32. The summed E-state index contributed by atoms with van der Waals surface area (Å²) in [7, 11) is 1.53. The molecule has 1 fully saturated rings. The summed E-state index contributed by atoms with van der Waals surface area (Å²) in [6.45, 7) is 1.46. The number of amides is 1. The predicted octanol–water partition coefficient (Wildman–Crippen LogP) is 2.86. The molecular weight excluding hydrogens is 376 g/mol. The fraction of sp³-hybridized carbons (Fsp3) is 0.316. The van der Waals surface area contributed by atoms with Crippen molar-refractivity contribution in [1.82, 2.24) is 20.2 Å². The highest BCUT2D eigenvalue weighted by molar-refractivity contribution is 7.13. The van der Waals surface area contributed by atoms with E-state index < -0.39 is 0 Å². The summed E-state index contributed by atoms with van der Waals surface area (Å²) in [6, 6.07) is 9.57. The number of anilines is 2. The minimum atomic E-state index is -0.145. The summed E-state index contributed by atoms with van der Waals surface area (Å²) in [5.74, 6) is 1.44. The molecule has 1 atom stereocenters. The first kappa shape index (κ1) is 18.3. The number of ether oxygens (including phenoxy) is 1. The van der Waals surface area contributed by atoms with Crippen molar-refractivity contribution in [3.8, 4) is 16.5 Å². The normalized spacial score (nSPS) is 16.6. The Labute approximate surface area is 166 Å². The summed E-state index contributed by atoms with van der Waals surface area (Å²) in [5, 5.41) is 13.6. The molecular formula is C19H20N6O2S. The molecule has 1 amide bonds. The highest BCUT2D eigenvalue weighted by Gasteiger charge is 2.27. The van der Waals surface area contributed by atoms with Gasteiger partial charge >= 0.3 is 0 Å². The molecule has 28 heavy (non-hydrogen) atoms. The molecule has 0 spiro atoms. The van der Waals surface area contributed by atoms with Crippen LogP contribution in [0.3, 0.4) is 0 Å². The number of carbonyl (C=O) groups excluding carboxylic acids is 1. The molecule has 0 unspecified atom stereocenters. The third-order valence-electron chi connectivity index (χ3n) is 4.64. The number of carbonyl (C=O) groups is 1. The number of piperidine rings is 1. The second kappa shape index (κ2) is 8.30. The molecule has 3 aromatic heterocycles. The number of rotatable bonds is 5. The van der Waals surface area contributed by atoms with Crippen molar-refractivity contribution < 1.29 is 9.53 Å². The first-order valence-electron chi connectivity index (χ1n) is 9.02. The fourth-order valence-corrected chi connectivity index (χ4v) is 3.89. The smallest absolute Gasteiger partial charge is 0.230 e. The van der Waals surface area contributed by atoms with Crippen molar-refractivity contribution in [2.45, 2.75) is 12.8 Å². The van der Waals surface area contributed by atoms with E-state index in [4.69, 9.17) is 4.74 Å². The van der Waals surface area contributed by atoms with Crippen LogP contribution < -0.4 is 15.0 Å². The number of hydrogen-bond donors (Lipinski definition) is 1. The topological polar surface area (TPSA) is 93.1 Å². The van der Waals surface area contributed by atoms with Crippen molar-refractivity contribution in [2.24, 2.45) is 5.92 Å². The van der Waals surface area contributed by atoms with E-state index in [1.807, 2.05) is 29.6 Å². The fourth-order valence-electron chi connectivity index (χ4n) is 3.20. The Morgan fingerprint density at radius 1 is 1.29 bits per heavy atom. The Morgan fingerprint density at radius 2 is 2.21 bits per heavy atom. The van der Waals surface area contributed by atoms with Gasteiger partial charge in [0.1, 0.15) is 17.8 Å². The van der Waals surface area contributed by atoms with Crippen LogP contribution >= 0.6 is 11.3 Å². The van der Waals surface area contributed by atoms with Crippen molar-refractivity contribution in [1.29, 1.82) is 0 Å². The highest BCUT2D eigenvalue weighted by Crippen LogP contribution is 2.26. The van der Waals surface area contributed by atoms with Gasteiger partial charge in [-0.2, -0.15) is 0 Å². The predicted molar refractivity (Wildman–Crippen MR) is 107 cm³/mol. The van der Waals surface area contributed by atoms with Crippen LogP contribution in [0.25, 0.3) is 10.6 Å². The van der Waals surface area contributed by atoms with Gasteiger partial charge in [-0.1, -0.05) is 6.07 Å². The lowest BCUT2D eigenvalue weighted by Crippen LogP contribution is -2.41. The molecule has 0 aromatic carbocycles. The monoisotopic (exact) mass is 396 g/mol. The third-order valence-corrected chi connectivity index (χ3v) is 5.54. The van der Waals surface area contributed by atoms with Gasteiger partial charge in [0.05, 0.1) is 17.9 Å². The van der Waals surface area contributed by atoms with Gasteiger partial charge in [0.15, 0.2) is 5.82 Å². The van der Waals surface area contributed by atoms with Crippen LogP contribution in [0.15, 0.2) is 42.0 Å². The zero-order valence-corrected chi connectivity index (χ0v) is 16.2. The maximum absolute atomic E-state index is 12.7. The van der Waals surface area contributed by atoms with Gasteiger partial charge in [-0.05, 0) is 36.4 Å². The number of methoxy groups -OCH3 is 1. The van der Waals surface area contributed by atoms with Crippen LogP contribution in [0.4, 0.5) is 11.6 Å². The van der Waals surface area contributed by atoms with Crippen molar-refractivity contribution in [3.63, 3.8) is 0 Å². The quantitative estimate of drug-likeness (QED) is 0.709. The van der Waals surface area contributed by atoms with E-state index in [0.29, 0.717) is 18.2 Å². The van der Waals surface area contributed by atoms with Crippen LogP contribution in [-0.2, 0) is 4.79 Å². The third kappa shape index (κ3) is 4.09. The number of hydrogen-bond acceptors (Lipinski definition) is 8. The summed E-state index contributed by atoms with van der Waals surface area (Å²) in [5.41, 5.74) is 0.864. The Bertz CT molecular complexity index is 932. The van der Waals surface area contributed by atoms with Gasteiger partial charge in [0, 0.05) is 19.2 Å². The molecule has 1 aliphatic rings. The lowest BCUT2D eigenvalue weighted by molar-refractivity contribution is -0.120. The van der Waals surface area contributed by atoms with E-state index in [1.165, 1.54) is 13.4 Å². The second-order valence-corrected chi connectivity index (χ2v) is 7.42. The van der Waals surface area contributed by atoms with Crippen LogP contribution in [0, 0.1) is 5.92 Å². The molecule has 0 radical (unpaired) electrons. The van der Waals surface area contributed by atoms with Gasteiger partial charge < -0.3 is 15.0 Å². The van der Waals surface area contributed by atoms with E-state index in [-0.39, 0.29) is 11.8 Å². The molecule has 0 bridgehead atoms. The zero-order chi connectivity index (χ0) is 19.3. The molecule has 3 aromatic rings. The molecule has 8 nitrogen and oxygen atoms in total. The number of nitrogens with one attached hydrogen (secondary N) is 1. The van der Waals surface area contributed by atoms with Gasteiger partial charge in [-0.25, -0.2) is 9.97 Å². The number of aromatic nitrogens is 4. The van der Waals surface area contributed by atoms with E-state index in [9.17, 15) is 4.79 Å².